The predicted octanol–water partition coefficient (Wildman–Crippen LogP) is 3.71. The maximum absolute atomic E-state index is 12.8. The molecular formula is C20H25N3O2S. The Bertz CT molecular complexity index is 910. The van der Waals surface area contributed by atoms with Crippen molar-refractivity contribution in [2.75, 3.05) is 11.1 Å². The quantitative estimate of drug-likeness (QED) is 0.832. The Labute approximate surface area is 158 Å². The minimum absolute atomic E-state index is 0.000460. The van der Waals surface area contributed by atoms with Crippen LogP contribution in [-0.4, -0.2) is 21.2 Å². The zero-order valence-corrected chi connectivity index (χ0v) is 16.8. The molecule has 0 spiro atoms. The summed E-state index contributed by atoms with van der Waals surface area (Å²) in [5.74, 6) is 0.637. The van der Waals surface area contributed by atoms with Crippen molar-refractivity contribution in [3.63, 3.8) is 0 Å². The van der Waals surface area contributed by atoms with Gasteiger partial charge < -0.3 is 5.32 Å². The van der Waals surface area contributed by atoms with Crippen LogP contribution in [0.1, 0.15) is 47.3 Å². The van der Waals surface area contributed by atoms with Crippen LogP contribution in [-0.2, 0) is 11.2 Å². The number of fused-ring (bicyclic) bond motifs is 1. The van der Waals surface area contributed by atoms with E-state index in [0.717, 1.165) is 33.2 Å². The lowest BCUT2D eigenvalue weighted by atomic mass is 10.0. The number of amides is 1. The number of carbonyl (C=O) groups excluding carboxylic acids is 1. The van der Waals surface area contributed by atoms with Crippen molar-refractivity contribution in [1.29, 1.82) is 0 Å². The number of aryl methyl sites for hydroxylation is 4. The van der Waals surface area contributed by atoms with E-state index in [2.05, 4.69) is 22.4 Å². The van der Waals surface area contributed by atoms with Gasteiger partial charge in [0.1, 0.15) is 0 Å². The number of hydrogen-bond donors (Lipinski definition) is 1. The summed E-state index contributed by atoms with van der Waals surface area (Å²) in [6, 6.07) is 3.98. The van der Waals surface area contributed by atoms with Crippen LogP contribution >= 0.6 is 11.8 Å². The summed E-state index contributed by atoms with van der Waals surface area (Å²) in [4.78, 5) is 30.0. The molecule has 0 bridgehead atoms. The van der Waals surface area contributed by atoms with Crippen molar-refractivity contribution in [2.45, 2.75) is 58.7 Å². The monoisotopic (exact) mass is 371 g/mol. The van der Waals surface area contributed by atoms with Crippen LogP contribution in [0.5, 0.6) is 0 Å². The third-order valence-electron chi connectivity index (χ3n) is 4.87. The Balaban J connectivity index is 1.82. The Morgan fingerprint density at radius 1 is 1.27 bits per heavy atom. The number of thioether (sulfide) groups is 1. The normalized spacial score (nSPS) is 15.8. The minimum atomic E-state index is -0.146. The predicted molar refractivity (Wildman–Crippen MR) is 106 cm³/mol. The largest absolute Gasteiger partial charge is 0.326 e. The van der Waals surface area contributed by atoms with Crippen LogP contribution in [0, 0.1) is 27.7 Å². The molecule has 1 unspecified atom stereocenters. The Morgan fingerprint density at radius 2 is 1.92 bits per heavy atom. The second-order valence-corrected chi connectivity index (χ2v) is 7.97. The van der Waals surface area contributed by atoms with E-state index in [1.165, 1.54) is 5.56 Å². The summed E-state index contributed by atoms with van der Waals surface area (Å²) < 4.78 is 1.71. The Hall–Kier alpha value is -2.08. The summed E-state index contributed by atoms with van der Waals surface area (Å²) in [5, 5.41) is 3.77. The summed E-state index contributed by atoms with van der Waals surface area (Å²) in [5.41, 5.74) is 5.70. The van der Waals surface area contributed by atoms with Crippen molar-refractivity contribution in [2.24, 2.45) is 0 Å². The van der Waals surface area contributed by atoms with E-state index in [0.29, 0.717) is 12.2 Å². The molecule has 1 aliphatic heterocycles. The average molecular weight is 372 g/mol. The van der Waals surface area contributed by atoms with Gasteiger partial charge in [0.15, 0.2) is 5.16 Å². The standard InChI is InChI=1S/C20H25N3O2S/c1-6-16-14(5)21-20-23(19(16)25)15(10-26-20)9-17(24)22-18-12(3)7-11(2)8-13(18)4/h7-8,15H,6,9-10H2,1-5H3,(H,22,24). The van der Waals surface area contributed by atoms with E-state index in [1.807, 2.05) is 34.6 Å². The maximum Gasteiger partial charge on any atom is 0.257 e. The first-order valence-electron chi connectivity index (χ1n) is 8.94. The van der Waals surface area contributed by atoms with Crippen LogP contribution in [0.3, 0.4) is 0 Å². The lowest BCUT2D eigenvalue weighted by molar-refractivity contribution is -0.116. The molecule has 1 N–H and O–H groups in total. The molecule has 2 aromatic rings. The van der Waals surface area contributed by atoms with Gasteiger partial charge in [0, 0.05) is 29.1 Å². The van der Waals surface area contributed by atoms with Gasteiger partial charge in [-0.2, -0.15) is 0 Å². The molecule has 1 amide bonds. The maximum atomic E-state index is 12.8. The highest BCUT2D eigenvalue weighted by atomic mass is 32.2. The van der Waals surface area contributed by atoms with Gasteiger partial charge in [-0.25, -0.2) is 4.98 Å². The summed E-state index contributed by atoms with van der Waals surface area (Å²) >= 11 is 1.55. The first-order valence-corrected chi connectivity index (χ1v) is 9.92. The molecule has 2 heterocycles. The van der Waals surface area contributed by atoms with Gasteiger partial charge in [-0.05, 0) is 45.2 Å². The number of anilines is 1. The topological polar surface area (TPSA) is 64.0 Å². The lowest BCUT2D eigenvalue weighted by Gasteiger charge is -2.17. The van der Waals surface area contributed by atoms with Crippen LogP contribution in [0.15, 0.2) is 22.1 Å². The molecule has 0 aliphatic carbocycles. The molecule has 0 fully saturated rings. The van der Waals surface area contributed by atoms with Crippen LogP contribution in [0.25, 0.3) is 0 Å². The van der Waals surface area contributed by atoms with Crippen molar-refractivity contribution in [3.05, 3.63) is 50.4 Å². The van der Waals surface area contributed by atoms with Crippen molar-refractivity contribution < 1.29 is 4.79 Å². The third kappa shape index (κ3) is 3.43. The zero-order chi connectivity index (χ0) is 19.0. The van der Waals surface area contributed by atoms with Crippen LogP contribution in [0.2, 0.25) is 0 Å². The van der Waals surface area contributed by atoms with E-state index in [1.54, 1.807) is 16.3 Å². The average Bonchev–Trinajstić information content (AvgIpc) is 2.94. The summed E-state index contributed by atoms with van der Waals surface area (Å²) in [6.07, 6.45) is 0.934. The van der Waals surface area contributed by atoms with E-state index in [-0.39, 0.29) is 23.9 Å². The fraction of sp³-hybridized carbons (Fsp3) is 0.450. The summed E-state index contributed by atoms with van der Waals surface area (Å²) in [6.45, 7) is 9.89. The van der Waals surface area contributed by atoms with E-state index in [9.17, 15) is 9.59 Å². The number of rotatable bonds is 4. The fourth-order valence-electron chi connectivity index (χ4n) is 3.66. The number of carbonyl (C=O) groups is 1. The summed E-state index contributed by atoms with van der Waals surface area (Å²) in [7, 11) is 0. The van der Waals surface area contributed by atoms with Crippen molar-refractivity contribution in [1.82, 2.24) is 9.55 Å². The number of hydrogen-bond acceptors (Lipinski definition) is 4. The van der Waals surface area contributed by atoms with E-state index < -0.39 is 0 Å². The molecule has 0 radical (unpaired) electrons. The van der Waals surface area contributed by atoms with E-state index in [4.69, 9.17) is 0 Å². The first kappa shape index (κ1) is 18.7. The highest BCUT2D eigenvalue weighted by Gasteiger charge is 2.29. The molecule has 0 saturated carbocycles. The van der Waals surface area contributed by atoms with Crippen LogP contribution < -0.4 is 10.9 Å². The van der Waals surface area contributed by atoms with E-state index >= 15 is 0 Å². The fourth-order valence-corrected chi connectivity index (χ4v) is 4.84. The van der Waals surface area contributed by atoms with Gasteiger partial charge in [-0.15, -0.1) is 0 Å². The Morgan fingerprint density at radius 3 is 2.54 bits per heavy atom. The van der Waals surface area contributed by atoms with Gasteiger partial charge >= 0.3 is 0 Å². The molecular weight excluding hydrogens is 346 g/mol. The first-order chi connectivity index (χ1) is 12.3. The molecule has 1 aliphatic rings. The number of aromatic nitrogens is 2. The number of benzene rings is 1. The molecule has 5 nitrogen and oxygen atoms in total. The molecule has 6 heteroatoms. The van der Waals surface area contributed by atoms with Gasteiger partial charge in [0.05, 0.1) is 6.04 Å². The number of nitrogens with zero attached hydrogens (tertiary/aromatic N) is 2. The minimum Gasteiger partial charge on any atom is -0.326 e. The number of nitrogens with one attached hydrogen (secondary N) is 1. The van der Waals surface area contributed by atoms with Gasteiger partial charge in [0.25, 0.3) is 5.56 Å². The molecule has 138 valence electrons. The molecule has 3 rings (SSSR count). The molecule has 26 heavy (non-hydrogen) atoms. The Kier molecular flexibility index (Phi) is 5.23. The highest BCUT2D eigenvalue weighted by Crippen LogP contribution is 2.33. The second-order valence-electron chi connectivity index (χ2n) is 6.98. The molecule has 1 aromatic heterocycles. The lowest BCUT2D eigenvalue weighted by Crippen LogP contribution is -2.30. The van der Waals surface area contributed by atoms with Crippen LogP contribution in [0.4, 0.5) is 5.69 Å². The van der Waals surface area contributed by atoms with Gasteiger partial charge in [-0.3, -0.25) is 14.2 Å². The van der Waals surface area contributed by atoms with Gasteiger partial charge in [0.2, 0.25) is 5.91 Å². The third-order valence-corrected chi connectivity index (χ3v) is 5.97. The second kappa shape index (κ2) is 7.27. The molecule has 1 aromatic carbocycles. The highest BCUT2D eigenvalue weighted by molar-refractivity contribution is 7.99. The smallest absolute Gasteiger partial charge is 0.257 e. The molecule has 0 saturated heterocycles. The zero-order valence-electron chi connectivity index (χ0n) is 16.0. The molecule has 1 atom stereocenters. The SMILES string of the molecule is CCc1c(C)nc2n(c1=O)C(CC(=O)Nc1c(C)cc(C)cc1C)CS2. The van der Waals surface area contributed by atoms with Crippen molar-refractivity contribution >= 4 is 23.4 Å². The van der Waals surface area contributed by atoms with Crippen molar-refractivity contribution in [3.8, 4) is 0 Å². The van der Waals surface area contributed by atoms with Gasteiger partial charge in [-0.1, -0.05) is 36.4 Å².